The van der Waals surface area contributed by atoms with Gasteiger partial charge >= 0.3 is 5.97 Å². The lowest BCUT2D eigenvalue weighted by molar-refractivity contribution is 0.0690. The molecule has 1 aromatic rings. The molecule has 4 nitrogen and oxygen atoms in total. The number of pyridine rings is 1. The molecule has 1 heterocycles. The fourth-order valence-corrected chi connectivity index (χ4v) is 1.07. The Kier molecular flexibility index (Phi) is 3.59. The lowest BCUT2D eigenvalue weighted by atomic mass is 10.1. The molecule has 0 aliphatic rings. The van der Waals surface area contributed by atoms with Gasteiger partial charge in [-0.3, -0.25) is 0 Å². The fraction of sp³-hybridized carbons (Fsp3) is 0.400. The number of aromatic nitrogens is 1. The molecule has 0 unspecified atom stereocenters. The van der Waals surface area contributed by atoms with Gasteiger partial charge in [-0.05, 0) is 31.4 Å². The number of rotatable bonds is 4. The van der Waals surface area contributed by atoms with Crippen LogP contribution in [-0.2, 0) is 6.42 Å². The molecule has 14 heavy (non-hydrogen) atoms. The summed E-state index contributed by atoms with van der Waals surface area (Å²) >= 11 is 0. The van der Waals surface area contributed by atoms with Gasteiger partial charge in [0.05, 0.1) is 6.10 Å². The third-order valence-corrected chi connectivity index (χ3v) is 1.89. The van der Waals surface area contributed by atoms with E-state index in [9.17, 15) is 4.79 Å². The van der Waals surface area contributed by atoms with Crippen LogP contribution in [0.15, 0.2) is 18.3 Å². The summed E-state index contributed by atoms with van der Waals surface area (Å²) < 4.78 is 0. The normalized spacial score (nSPS) is 12.4. The number of nitrogens with zero attached hydrogens (tertiary/aromatic N) is 1. The molecule has 0 fully saturated rings. The molecule has 4 heteroatoms. The average molecular weight is 195 g/mol. The van der Waals surface area contributed by atoms with Crippen LogP contribution in [0.4, 0.5) is 0 Å². The van der Waals surface area contributed by atoms with Crippen molar-refractivity contribution in [2.75, 3.05) is 0 Å². The molecule has 1 rings (SSSR count). The van der Waals surface area contributed by atoms with Crippen LogP contribution in [0, 0.1) is 0 Å². The van der Waals surface area contributed by atoms with Crippen LogP contribution in [0.1, 0.15) is 29.4 Å². The highest BCUT2D eigenvalue weighted by Crippen LogP contribution is 2.05. The number of carboxylic acids is 1. The van der Waals surface area contributed by atoms with E-state index in [2.05, 4.69) is 4.98 Å². The summed E-state index contributed by atoms with van der Waals surface area (Å²) in [4.78, 5) is 14.3. The largest absolute Gasteiger partial charge is 0.477 e. The number of carbonyl (C=O) groups is 1. The average Bonchev–Trinajstić information content (AvgIpc) is 2.15. The van der Waals surface area contributed by atoms with E-state index in [1.165, 1.54) is 12.3 Å². The maximum atomic E-state index is 10.5. The summed E-state index contributed by atoms with van der Waals surface area (Å²) in [5.74, 6) is -1.02. The summed E-state index contributed by atoms with van der Waals surface area (Å²) in [6.45, 7) is 1.72. The standard InChI is InChI=1S/C10H13NO3/c1-7(12)2-3-8-4-5-9(10(13)14)11-6-8/h4-7,12H,2-3H2,1H3,(H,13,14)/t7-/m0/s1. The van der Waals surface area contributed by atoms with Crippen LogP contribution >= 0.6 is 0 Å². The quantitative estimate of drug-likeness (QED) is 0.754. The number of aromatic carboxylic acids is 1. The molecule has 1 atom stereocenters. The van der Waals surface area contributed by atoms with Gasteiger partial charge in [-0.1, -0.05) is 6.07 Å². The molecule has 76 valence electrons. The van der Waals surface area contributed by atoms with Gasteiger partial charge in [0.15, 0.2) is 0 Å². The monoisotopic (exact) mass is 195 g/mol. The zero-order valence-electron chi connectivity index (χ0n) is 7.97. The highest BCUT2D eigenvalue weighted by Gasteiger charge is 2.04. The smallest absolute Gasteiger partial charge is 0.354 e. The second-order valence-corrected chi connectivity index (χ2v) is 3.24. The zero-order valence-corrected chi connectivity index (χ0v) is 7.97. The van der Waals surface area contributed by atoms with Crippen molar-refractivity contribution in [3.05, 3.63) is 29.6 Å². The highest BCUT2D eigenvalue weighted by atomic mass is 16.4. The number of hydrogen-bond acceptors (Lipinski definition) is 3. The van der Waals surface area contributed by atoms with E-state index in [0.29, 0.717) is 12.8 Å². The van der Waals surface area contributed by atoms with Gasteiger partial charge in [0.2, 0.25) is 0 Å². The fourth-order valence-electron chi connectivity index (χ4n) is 1.07. The summed E-state index contributed by atoms with van der Waals surface area (Å²) in [6, 6.07) is 3.19. The Balaban J connectivity index is 2.60. The Hall–Kier alpha value is -1.42. The van der Waals surface area contributed by atoms with Gasteiger partial charge < -0.3 is 10.2 Å². The number of carboxylic acid groups (broad SMARTS) is 1. The third-order valence-electron chi connectivity index (χ3n) is 1.89. The van der Waals surface area contributed by atoms with Gasteiger partial charge in [0.25, 0.3) is 0 Å². The van der Waals surface area contributed by atoms with Gasteiger partial charge in [0.1, 0.15) is 5.69 Å². The lowest BCUT2D eigenvalue weighted by Crippen LogP contribution is -2.03. The molecule has 0 spiro atoms. The minimum Gasteiger partial charge on any atom is -0.477 e. The highest BCUT2D eigenvalue weighted by molar-refractivity contribution is 5.85. The second-order valence-electron chi connectivity index (χ2n) is 3.24. The van der Waals surface area contributed by atoms with Crippen LogP contribution in [-0.4, -0.2) is 27.3 Å². The van der Waals surface area contributed by atoms with Crippen molar-refractivity contribution in [3.63, 3.8) is 0 Å². The van der Waals surface area contributed by atoms with Crippen molar-refractivity contribution in [1.82, 2.24) is 4.98 Å². The first-order valence-corrected chi connectivity index (χ1v) is 4.46. The Morgan fingerprint density at radius 1 is 1.57 bits per heavy atom. The van der Waals surface area contributed by atoms with Crippen molar-refractivity contribution < 1.29 is 15.0 Å². The number of aliphatic hydroxyl groups is 1. The predicted molar refractivity (Wildman–Crippen MR) is 51.2 cm³/mol. The number of aryl methyl sites for hydroxylation is 1. The molecular formula is C10H13NO3. The molecular weight excluding hydrogens is 182 g/mol. The molecule has 0 saturated heterocycles. The van der Waals surface area contributed by atoms with Crippen LogP contribution in [0.3, 0.4) is 0 Å². The first-order valence-electron chi connectivity index (χ1n) is 4.46. The molecule has 0 aliphatic heterocycles. The molecule has 0 saturated carbocycles. The van der Waals surface area contributed by atoms with Crippen LogP contribution in [0.25, 0.3) is 0 Å². The SMILES string of the molecule is C[C@H](O)CCc1ccc(C(=O)O)nc1. The predicted octanol–water partition coefficient (Wildman–Crippen LogP) is 1.09. The summed E-state index contributed by atoms with van der Waals surface area (Å²) in [5, 5.41) is 17.6. The van der Waals surface area contributed by atoms with Crippen LogP contribution < -0.4 is 0 Å². The van der Waals surface area contributed by atoms with E-state index in [-0.39, 0.29) is 11.8 Å². The van der Waals surface area contributed by atoms with Crippen LogP contribution in [0.5, 0.6) is 0 Å². The van der Waals surface area contributed by atoms with Gasteiger partial charge in [0, 0.05) is 6.20 Å². The summed E-state index contributed by atoms with van der Waals surface area (Å²) in [5.41, 5.74) is 0.988. The topological polar surface area (TPSA) is 70.4 Å². The van der Waals surface area contributed by atoms with Crippen molar-refractivity contribution in [2.45, 2.75) is 25.9 Å². The van der Waals surface area contributed by atoms with E-state index in [1.807, 2.05) is 0 Å². The molecule has 2 N–H and O–H groups in total. The summed E-state index contributed by atoms with van der Waals surface area (Å²) in [7, 11) is 0. The first kappa shape index (κ1) is 10.7. The second kappa shape index (κ2) is 4.72. The lowest BCUT2D eigenvalue weighted by Gasteiger charge is -2.03. The van der Waals surface area contributed by atoms with E-state index in [0.717, 1.165) is 5.56 Å². The van der Waals surface area contributed by atoms with Gasteiger partial charge in [-0.2, -0.15) is 0 Å². The molecule has 0 radical (unpaired) electrons. The van der Waals surface area contributed by atoms with E-state index in [4.69, 9.17) is 10.2 Å². The first-order chi connectivity index (χ1) is 6.59. The number of aliphatic hydroxyl groups excluding tert-OH is 1. The van der Waals surface area contributed by atoms with E-state index in [1.54, 1.807) is 13.0 Å². The Morgan fingerprint density at radius 2 is 2.29 bits per heavy atom. The summed E-state index contributed by atoms with van der Waals surface area (Å²) in [6.07, 6.45) is 2.57. The number of hydrogen-bond donors (Lipinski definition) is 2. The van der Waals surface area contributed by atoms with Crippen molar-refractivity contribution in [3.8, 4) is 0 Å². The molecule has 0 amide bonds. The molecule has 0 aliphatic carbocycles. The Morgan fingerprint density at radius 3 is 2.71 bits per heavy atom. The van der Waals surface area contributed by atoms with Crippen molar-refractivity contribution in [2.24, 2.45) is 0 Å². The Bertz CT molecular complexity index is 306. The minimum atomic E-state index is -1.02. The third kappa shape index (κ3) is 3.14. The van der Waals surface area contributed by atoms with E-state index < -0.39 is 5.97 Å². The minimum absolute atomic E-state index is 0.0470. The zero-order chi connectivity index (χ0) is 10.6. The van der Waals surface area contributed by atoms with Crippen molar-refractivity contribution >= 4 is 5.97 Å². The van der Waals surface area contributed by atoms with Crippen LogP contribution in [0.2, 0.25) is 0 Å². The maximum absolute atomic E-state index is 10.5. The van der Waals surface area contributed by atoms with Gasteiger partial charge in [-0.25, -0.2) is 9.78 Å². The maximum Gasteiger partial charge on any atom is 0.354 e. The molecule has 1 aromatic heterocycles. The molecule has 0 bridgehead atoms. The van der Waals surface area contributed by atoms with Gasteiger partial charge in [-0.15, -0.1) is 0 Å². The molecule has 0 aromatic carbocycles. The van der Waals surface area contributed by atoms with Crippen molar-refractivity contribution in [1.29, 1.82) is 0 Å². The van der Waals surface area contributed by atoms with E-state index >= 15 is 0 Å². The Labute approximate surface area is 82.2 Å².